The van der Waals surface area contributed by atoms with E-state index in [4.69, 9.17) is 28.5 Å². The van der Waals surface area contributed by atoms with Crippen LogP contribution < -0.4 is 5.32 Å². The van der Waals surface area contributed by atoms with Gasteiger partial charge in [-0.05, 0) is 36.4 Å². The van der Waals surface area contributed by atoms with E-state index in [9.17, 15) is 13.2 Å². The lowest BCUT2D eigenvalue weighted by molar-refractivity contribution is -0.116. The van der Waals surface area contributed by atoms with Crippen molar-refractivity contribution in [3.05, 3.63) is 58.1 Å². The summed E-state index contributed by atoms with van der Waals surface area (Å²) in [7, 11) is -3.73. The van der Waals surface area contributed by atoms with Gasteiger partial charge in [0.2, 0.25) is 15.9 Å². The quantitative estimate of drug-likeness (QED) is 0.705. The summed E-state index contributed by atoms with van der Waals surface area (Å²) in [4.78, 5) is 14.2. The summed E-state index contributed by atoms with van der Waals surface area (Å²) in [5.41, 5.74) is 1.16. The van der Waals surface area contributed by atoms with Crippen molar-refractivity contribution in [2.75, 3.05) is 38.0 Å². The third kappa shape index (κ3) is 5.31. The third-order valence-corrected chi connectivity index (χ3v) is 7.69. The Labute approximate surface area is 185 Å². The zero-order valence-corrected chi connectivity index (χ0v) is 18.3. The Morgan fingerprint density at radius 1 is 1.07 bits per heavy atom. The van der Waals surface area contributed by atoms with Gasteiger partial charge in [0.15, 0.2) is 0 Å². The molecular formula is C20H20Cl2N4O3S. The number of nitrogens with zero attached hydrogens (tertiary/aromatic N) is 3. The van der Waals surface area contributed by atoms with Crippen LogP contribution in [0.4, 0.5) is 5.69 Å². The molecule has 0 aliphatic carbocycles. The molecule has 1 heterocycles. The molecule has 3 rings (SSSR count). The van der Waals surface area contributed by atoms with E-state index in [2.05, 4.69) is 5.32 Å². The van der Waals surface area contributed by atoms with Crippen LogP contribution in [0.1, 0.15) is 12.0 Å². The van der Waals surface area contributed by atoms with E-state index < -0.39 is 10.0 Å². The summed E-state index contributed by atoms with van der Waals surface area (Å²) in [5.74, 6) is -0.138. The molecule has 0 aromatic heterocycles. The fourth-order valence-corrected chi connectivity index (χ4v) is 5.29. The van der Waals surface area contributed by atoms with E-state index in [-0.39, 0.29) is 27.3 Å². The van der Waals surface area contributed by atoms with Crippen LogP contribution in [-0.4, -0.2) is 56.3 Å². The van der Waals surface area contributed by atoms with Crippen molar-refractivity contribution in [3.8, 4) is 6.07 Å². The van der Waals surface area contributed by atoms with Gasteiger partial charge >= 0.3 is 0 Å². The molecule has 0 atom stereocenters. The molecule has 1 aliphatic heterocycles. The normalized spacial score (nSPS) is 15.5. The molecule has 2 aromatic carbocycles. The highest BCUT2D eigenvalue weighted by Crippen LogP contribution is 2.31. The third-order valence-electron chi connectivity index (χ3n) is 4.82. The number of hydrogen-bond donors (Lipinski definition) is 1. The molecule has 0 radical (unpaired) electrons. The van der Waals surface area contributed by atoms with Gasteiger partial charge in [-0.1, -0.05) is 29.3 Å². The van der Waals surface area contributed by atoms with Gasteiger partial charge < -0.3 is 10.2 Å². The van der Waals surface area contributed by atoms with Crippen LogP contribution in [0, 0.1) is 11.3 Å². The van der Waals surface area contributed by atoms with E-state index in [1.54, 1.807) is 36.4 Å². The van der Waals surface area contributed by atoms with Gasteiger partial charge in [-0.2, -0.15) is 9.57 Å². The molecule has 7 nitrogen and oxygen atoms in total. The second kappa shape index (κ2) is 9.77. The summed E-state index contributed by atoms with van der Waals surface area (Å²) in [6.45, 7) is 2.17. The van der Waals surface area contributed by atoms with E-state index >= 15 is 0 Å². The molecule has 158 valence electrons. The average Bonchev–Trinajstić information content (AvgIpc) is 2.75. The number of amides is 1. The molecular weight excluding hydrogens is 447 g/mol. The predicted octanol–water partition coefficient (Wildman–Crippen LogP) is 3.20. The lowest BCUT2D eigenvalue weighted by Crippen LogP contribution is -2.49. The first-order valence-corrected chi connectivity index (χ1v) is 11.5. The predicted molar refractivity (Wildman–Crippen MR) is 116 cm³/mol. The van der Waals surface area contributed by atoms with Gasteiger partial charge in [-0.25, -0.2) is 8.42 Å². The van der Waals surface area contributed by atoms with Crippen LogP contribution in [0.3, 0.4) is 0 Å². The summed E-state index contributed by atoms with van der Waals surface area (Å²) in [5, 5.41) is 11.8. The topological polar surface area (TPSA) is 93.5 Å². The number of benzene rings is 2. The summed E-state index contributed by atoms with van der Waals surface area (Å²) >= 11 is 12.0. The number of nitriles is 1. The van der Waals surface area contributed by atoms with Crippen molar-refractivity contribution in [1.29, 1.82) is 5.26 Å². The zero-order chi connectivity index (χ0) is 21.7. The number of rotatable bonds is 6. The number of hydrogen-bond acceptors (Lipinski definition) is 5. The van der Waals surface area contributed by atoms with Gasteiger partial charge in [0.25, 0.3) is 0 Å². The Morgan fingerprint density at radius 3 is 2.37 bits per heavy atom. The van der Waals surface area contributed by atoms with Crippen LogP contribution in [0.25, 0.3) is 0 Å². The number of nitrogens with one attached hydrogen (secondary N) is 1. The smallest absolute Gasteiger partial charge is 0.244 e. The van der Waals surface area contributed by atoms with Crippen LogP contribution in [0.2, 0.25) is 10.0 Å². The van der Waals surface area contributed by atoms with Crippen molar-refractivity contribution in [1.82, 2.24) is 9.21 Å². The maximum Gasteiger partial charge on any atom is 0.244 e. The maximum atomic E-state index is 12.9. The lowest BCUT2D eigenvalue weighted by Gasteiger charge is -2.34. The van der Waals surface area contributed by atoms with Crippen molar-refractivity contribution >= 4 is 44.8 Å². The minimum Gasteiger partial charge on any atom is -0.326 e. The molecule has 0 spiro atoms. The molecule has 0 bridgehead atoms. The Kier molecular flexibility index (Phi) is 7.34. The van der Waals surface area contributed by atoms with Crippen LogP contribution in [0.5, 0.6) is 0 Å². The minimum absolute atomic E-state index is 0.00640. The zero-order valence-electron chi connectivity index (χ0n) is 16.0. The first kappa shape index (κ1) is 22.5. The summed E-state index contributed by atoms with van der Waals surface area (Å²) in [6.07, 6.45) is 0.285. The first-order valence-electron chi connectivity index (χ1n) is 9.28. The van der Waals surface area contributed by atoms with Crippen LogP contribution in [0.15, 0.2) is 47.4 Å². The van der Waals surface area contributed by atoms with Crippen molar-refractivity contribution in [3.63, 3.8) is 0 Å². The number of carbonyl (C=O) groups excluding carboxylic acids is 1. The van der Waals surface area contributed by atoms with Gasteiger partial charge in [0.05, 0.1) is 21.7 Å². The molecule has 1 saturated heterocycles. The van der Waals surface area contributed by atoms with Crippen LogP contribution in [-0.2, 0) is 14.8 Å². The Bertz CT molecular complexity index is 1060. The molecule has 1 aliphatic rings. The SMILES string of the molecule is N#Cc1ccc(NC(=O)CCN2CCN(S(=O)(=O)c3cccc(Cl)c3Cl)CC2)cc1. The molecule has 0 saturated carbocycles. The standard InChI is InChI=1S/C20H20Cl2N4O3S/c21-17-2-1-3-18(20(17)22)30(28,29)26-12-10-25(11-13-26)9-8-19(27)24-16-6-4-15(14-23)5-7-16/h1-7H,8-13H2,(H,24,27). The van der Waals surface area contributed by atoms with Gasteiger partial charge in [-0.15, -0.1) is 0 Å². The average molecular weight is 467 g/mol. The fourth-order valence-electron chi connectivity index (χ4n) is 3.13. The Morgan fingerprint density at radius 2 is 1.73 bits per heavy atom. The van der Waals surface area contributed by atoms with Crippen molar-refractivity contribution in [2.24, 2.45) is 0 Å². The number of halogens is 2. The van der Waals surface area contributed by atoms with Gasteiger partial charge in [-0.3, -0.25) is 4.79 Å². The highest BCUT2D eigenvalue weighted by molar-refractivity contribution is 7.89. The van der Waals surface area contributed by atoms with Crippen LogP contribution >= 0.6 is 23.2 Å². The van der Waals surface area contributed by atoms with Gasteiger partial charge in [0, 0.05) is 44.8 Å². The molecule has 1 amide bonds. The molecule has 10 heteroatoms. The second-order valence-corrected chi connectivity index (χ2v) is 9.48. The highest BCUT2D eigenvalue weighted by atomic mass is 35.5. The lowest BCUT2D eigenvalue weighted by atomic mass is 10.2. The highest BCUT2D eigenvalue weighted by Gasteiger charge is 2.30. The van der Waals surface area contributed by atoms with Crippen molar-refractivity contribution in [2.45, 2.75) is 11.3 Å². The first-order chi connectivity index (χ1) is 14.3. The molecule has 30 heavy (non-hydrogen) atoms. The largest absolute Gasteiger partial charge is 0.326 e. The maximum absolute atomic E-state index is 12.9. The molecule has 0 unspecified atom stereocenters. The van der Waals surface area contributed by atoms with E-state index in [0.717, 1.165) is 0 Å². The number of piperazine rings is 1. The molecule has 2 aromatic rings. The van der Waals surface area contributed by atoms with E-state index in [1.807, 2.05) is 11.0 Å². The van der Waals surface area contributed by atoms with E-state index in [1.165, 1.54) is 10.4 Å². The Hall–Kier alpha value is -2.15. The monoisotopic (exact) mass is 466 g/mol. The fraction of sp³-hybridized carbons (Fsp3) is 0.300. The summed E-state index contributed by atoms with van der Waals surface area (Å²) < 4.78 is 27.1. The van der Waals surface area contributed by atoms with E-state index in [0.29, 0.717) is 44.0 Å². The molecule has 1 fully saturated rings. The molecule has 1 N–H and O–H groups in total. The second-order valence-electron chi connectivity index (χ2n) is 6.79. The summed E-state index contributed by atoms with van der Waals surface area (Å²) in [6, 6.07) is 13.2. The van der Waals surface area contributed by atoms with Gasteiger partial charge in [0.1, 0.15) is 4.90 Å². The number of carbonyl (C=O) groups is 1. The van der Waals surface area contributed by atoms with Crippen molar-refractivity contribution < 1.29 is 13.2 Å². The minimum atomic E-state index is -3.73. The Balaban J connectivity index is 1.50. The number of anilines is 1. The number of sulfonamides is 1.